The van der Waals surface area contributed by atoms with Gasteiger partial charge in [-0.2, -0.15) is 0 Å². The van der Waals surface area contributed by atoms with Crippen LogP contribution in [-0.2, 0) is 11.3 Å². The van der Waals surface area contributed by atoms with Crippen molar-refractivity contribution in [1.29, 1.82) is 0 Å². The normalized spacial score (nSPS) is 16.0. The zero-order chi connectivity index (χ0) is 15.2. The molecule has 116 valence electrons. The van der Waals surface area contributed by atoms with E-state index in [4.69, 9.17) is 5.73 Å². The Balaban J connectivity index is 1.94. The van der Waals surface area contributed by atoms with Crippen molar-refractivity contribution >= 4 is 5.91 Å². The molecule has 0 radical (unpaired) electrons. The summed E-state index contributed by atoms with van der Waals surface area (Å²) in [6, 6.07) is 3.93. The molecule has 2 N–H and O–H groups in total. The molecule has 0 spiro atoms. The fourth-order valence-corrected chi connectivity index (χ4v) is 2.35. The Morgan fingerprint density at radius 3 is 2.76 bits per heavy atom. The molecule has 1 unspecified atom stereocenters. The SMILES string of the molecule is CN(C)CCN(Cc1cccnc1)C(=O)CC(N)C1CC1. The second-order valence-corrected chi connectivity index (χ2v) is 6.19. The van der Waals surface area contributed by atoms with Crippen LogP contribution >= 0.6 is 0 Å². The monoisotopic (exact) mass is 290 g/mol. The molecule has 0 aromatic carbocycles. The van der Waals surface area contributed by atoms with Crippen molar-refractivity contribution < 1.29 is 4.79 Å². The van der Waals surface area contributed by atoms with E-state index in [0.717, 1.165) is 18.7 Å². The van der Waals surface area contributed by atoms with Gasteiger partial charge < -0.3 is 15.5 Å². The molecule has 2 rings (SSSR count). The summed E-state index contributed by atoms with van der Waals surface area (Å²) in [6.45, 7) is 2.18. The fourth-order valence-electron chi connectivity index (χ4n) is 2.35. The van der Waals surface area contributed by atoms with Gasteiger partial charge in [0.1, 0.15) is 0 Å². The molecule has 1 heterocycles. The van der Waals surface area contributed by atoms with Crippen LogP contribution in [0.2, 0.25) is 0 Å². The Kier molecular flexibility index (Phi) is 5.70. The second kappa shape index (κ2) is 7.52. The number of nitrogens with zero attached hydrogens (tertiary/aromatic N) is 3. The van der Waals surface area contributed by atoms with E-state index in [2.05, 4.69) is 9.88 Å². The highest BCUT2D eigenvalue weighted by Crippen LogP contribution is 2.33. The molecule has 0 bridgehead atoms. The number of hydrogen-bond acceptors (Lipinski definition) is 4. The minimum atomic E-state index is 0.0215. The molecule has 0 aliphatic heterocycles. The van der Waals surface area contributed by atoms with Crippen LogP contribution in [0.25, 0.3) is 0 Å². The first-order valence-corrected chi connectivity index (χ1v) is 7.63. The average Bonchev–Trinajstić information content (AvgIpc) is 3.28. The van der Waals surface area contributed by atoms with Crippen LogP contribution in [0.1, 0.15) is 24.8 Å². The van der Waals surface area contributed by atoms with E-state index < -0.39 is 0 Å². The Morgan fingerprint density at radius 1 is 1.43 bits per heavy atom. The lowest BCUT2D eigenvalue weighted by molar-refractivity contribution is -0.132. The maximum Gasteiger partial charge on any atom is 0.224 e. The molecule has 1 fully saturated rings. The summed E-state index contributed by atoms with van der Waals surface area (Å²) in [7, 11) is 4.03. The van der Waals surface area contributed by atoms with Gasteiger partial charge in [0.05, 0.1) is 0 Å². The van der Waals surface area contributed by atoms with Crippen molar-refractivity contribution in [2.75, 3.05) is 27.2 Å². The zero-order valence-corrected chi connectivity index (χ0v) is 13.0. The average molecular weight is 290 g/mol. The summed E-state index contributed by atoms with van der Waals surface area (Å²) in [5, 5.41) is 0. The second-order valence-electron chi connectivity index (χ2n) is 6.19. The Hall–Kier alpha value is -1.46. The molecule has 1 aliphatic rings. The van der Waals surface area contributed by atoms with Gasteiger partial charge in [-0.3, -0.25) is 9.78 Å². The highest BCUT2D eigenvalue weighted by molar-refractivity contribution is 5.77. The molecule has 5 nitrogen and oxygen atoms in total. The summed E-state index contributed by atoms with van der Waals surface area (Å²) >= 11 is 0. The van der Waals surface area contributed by atoms with Crippen LogP contribution in [0, 0.1) is 5.92 Å². The van der Waals surface area contributed by atoms with Crippen LogP contribution in [0.3, 0.4) is 0 Å². The zero-order valence-electron chi connectivity index (χ0n) is 13.0. The summed E-state index contributed by atoms with van der Waals surface area (Å²) in [5.41, 5.74) is 7.16. The fraction of sp³-hybridized carbons (Fsp3) is 0.625. The number of nitrogens with two attached hydrogens (primary N) is 1. The van der Waals surface area contributed by atoms with Gasteiger partial charge in [-0.25, -0.2) is 0 Å². The molecule has 1 atom stereocenters. The summed E-state index contributed by atoms with van der Waals surface area (Å²) < 4.78 is 0. The molecular weight excluding hydrogens is 264 g/mol. The van der Waals surface area contributed by atoms with Crippen molar-refractivity contribution in [3.63, 3.8) is 0 Å². The van der Waals surface area contributed by atoms with Crippen LogP contribution < -0.4 is 5.73 Å². The van der Waals surface area contributed by atoms with E-state index in [1.165, 1.54) is 12.8 Å². The highest BCUT2D eigenvalue weighted by atomic mass is 16.2. The number of amides is 1. The topological polar surface area (TPSA) is 62.5 Å². The van der Waals surface area contributed by atoms with Crippen molar-refractivity contribution in [1.82, 2.24) is 14.8 Å². The van der Waals surface area contributed by atoms with Gasteiger partial charge in [-0.15, -0.1) is 0 Å². The maximum absolute atomic E-state index is 12.5. The predicted molar refractivity (Wildman–Crippen MR) is 83.5 cm³/mol. The van der Waals surface area contributed by atoms with Crippen LogP contribution in [0.4, 0.5) is 0 Å². The lowest BCUT2D eigenvalue weighted by Crippen LogP contribution is -2.39. The molecule has 21 heavy (non-hydrogen) atoms. The summed E-state index contributed by atoms with van der Waals surface area (Å²) in [5.74, 6) is 0.711. The molecule has 1 aromatic heterocycles. The van der Waals surface area contributed by atoms with E-state index in [1.807, 2.05) is 37.3 Å². The first-order valence-electron chi connectivity index (χ1n) is 7.63. The predicted octanol–water partition coefficient (Wildman–Crippen LogP) is 1.10. The van der Waals surface area contributed by atoms with Gasteiger partial charge in [-0.05, 0) is 44.5 Å². The van der Waals surface area contributed by atoms with Gasteiger partial charge in [-0.1, -0.05) is 6.07 Å². The van der Waals surface area contributed by atoms with Crippen LogP contribution in [0.5, 0.6) is 0 Å². The Labute approximate surface area is 127 Å². The summed E-state index contributed by atoms with van der Waals surface area (Å²) in [4.78, 5) is 20.6. The summed E-state index contributed by atoms with van der Waals surface area (Å²) in [6.07, 6.45) is 6.37. The third-order valence-corrected chi connectivity index (χ3v) is 3.90. The van der Waals surface area contributed by atoms with Crippen molar-refractivity contribution in [3.8, 4) is 0 Å². The first-order chi connectivity index (χ1) is 10.1. The quantitative estimate of drug-likeness (QED) is 0.779. The minimum absolute atomic E-state index is 0.0215. The third-order valence-electron chi connectivity index (χ3n) is 3.90. The number of carbonyl (C=O) groups is 1. The van der Waals surface area contributed by atoms with E-state index in [0.29, 0.717) is 18.9 Å². The molecule has 0 saturated heterocycles. The lowest BCUT2D eigenvalue weighted by Gasteiger charge is -2.25. The smallest absolute Gasteiger partial charge is 0.224 e. The van der Waals surface area contributed by atoms with E-state index in [1.54, 1.807) is 6.20 Å². The van der Waals surface area contributed by atoms with Crippen molar-refractivity contribution in [2.45, 2.75) is 31.8 Å². The van der Waals surface area contributed by atoms with Gasteiger partial charge in [0.25, 0.3) is 0 Å². The Morgan fingerprint density at radius 2 is 2.19 bits per heavy atom. The molecule has 5 heteroatoms. The number of rotatable bonds is 8. The third kappa shape index (κ3) is 5.44. The van der Waals surface area contributed by atoms with Gasteiger partial charge in [0.2, 0.25) is 5.91 Å². The standard InChI is InChI=1S/C16H26N4O/c1-19(2)8-9-20(12-13-4-3-7-18-11-13)16(21)10-15(17)14-5-6-14/h3-4,7,11,14-15H,5-6,8-10,12,17H2,1-2H3. The van der Waals surface area contributed by atoms with E-state index in [-0.39, 0.29) is 11.9 Å². The molecule has 1 aliphatic carbocycles. The van der Waals surface area contributed by atoms with Crippen molar-refractivity contribution in [3.05, 3.63) is 30.1 Å². The Bertz CT molecular complexity index is 445. The first kappa shape index (κ1) is 15.9. The van der Waals surface area contributed by atoms with Gasteiger partial charge in [0, 0.05) is 44.5 Å². The molecule has 1 aromatic rings. The largest absolute Gasteiger partial charge is 0.337 e. The van der Waals surface area contributed by atoms with Gasteiger partial charge >= 0.3 is 0 Å². The van der Waals surface area contributed by atoms with Crippen molar-refractivity contribution in [2.24, 2.45) is 11.7 Å². The highest BCUT2D eigenvalue weighted by Gasteiger charge is 2.31. The number of aromatic nitrogens is 1. The number of carbonyl (C=O) groups excluding carboxylic acids is 1. The number of pyridine rings is 1. The van der Waals surface area contributed by atoms with Crippen LogP contribution in [-0.4, -0.2) is 53.9 Å². The number of hydrogen-bond donors (Lipinski definition) is 1. The van der Waals surface area contributed by atoms with E-state index in [9.17, 15) is 4.79 Å². The molecule has 1 amide bonds. The van der Waals surface area contributed by atoms with Crippen LogP contribution in [0.15, 0.2) is 24.5 Å². The van der Waals surface area contributed by atoms with Gasteiger partial charge in [0.15, 0.2) is 0 Å². The van der Waals surface area contributed by atoms with E-state index >= 15 is 0 Å². The maximum atomic E-state index is 12.5. The minimum Gasteiger partial charge on any atom is -0.337 e. The molecule has 1 saturated carbocycles. The molecular formula is C16H26N4O. The number of likely N-dealkylation sites (N-methyl/N-ethyl adjacent to an activating group) is 1. The lowest BCUT2D eigenvalue weighted by atomic mass is 10.1.